The van der Waals surface area contributed by atoms with E-state index in [9.17, 15) is 14.0 Å². The Morgan fingerprint density at radius 3 is 2.44 bits per heavy atom. The fraction of sp³-hybridized carbons (Fsp3) is 0.250. The van der Waals surface area contributed by atoms with Crippen LogP contribution in [-0.2, 0) is 11.3 Å². The van der Waals surface area contributed by atoms with E-state index in [0.29, 0.717) is 22.6 Å². The summed E-state index contributed by atoms with van der Waals surface area (Å²) in [6.07, 6.45) is 0. The highest BCUT2D eigenvalue weighted by atomic mass is 32.1. The maximum absolute atomic E-state index is 13.5. The van der Waals surface area contributed by atoms with Gasteiger partial charge in [-0.3, -0.25) is 9.59 Å². The van der Waals surface area contributed by atoms with Crippen molar-refractivity contribution in [2.24, 2.45) is 0 Å². The molecule has 32 heavy (non-hydrogen) atoms. The molecule has 6 nitrogen and oxygen atoms in total. The molecule has 1 N–H and O–H groups in total. The number of likely N-dealkylation sites (N-methyl/N-ethyl adjacent to an activating group) is 1. The number of nitrogens with zero attached hydrogens (tertiary/aromatic N) is 1. The Kier molecular flexibility index (Phi) is 6.14. The molecule has 4 rings (SSSR count). The van der Waals surface area contributed by atoms with Gasteiger partial charge in [0, 0.05) is 24.0 Å². The van der Waals surface area contributed by atoms with Crippen LogP contribution in [0.15, 0.2) is 53.9 Å². The number of hydrogen-bond donors (Lipinski definition) is 1. The Morgan fingerprint density at radius 1 is 1.12 bits per heavy atom. The van der Waals surface area contributed by atoms with Crippen LogP contribution < -0.4 is 14.8 Å². The quantitative estimate of drug-likeness (QED) is 0.608. The van der Waals surface area contributed by atoms with Gasteiger partial charge in [0.05, 0.1) is 26.2 Å². The summed E-state index contributed by atoms with van der Waals surface area (Å²) in [6, 6.07) is 12.7. The van der Waals surface area contributed by atoms with Crippen LogP contribution in [0.25, 0.3) is 0 Å². The van der Waals surface area contributed by atoms with Crippen molar-refractivity contribution in [3.63, 3.8) is 0 Å². The lowest BCUT2D eigenvalue weighted by molar-refractivity contribution is -0.124. The van der Waals surface area contributed by atoms with Gasteiger partial charge < -0.3 is 19.7 Å². The Balaban J connectivity index is 1.76. The molecule has 0 radical (unpaired) electrons. The zero-order chi connectivity index (χ0) is 22.8. The lowest BCUT2D eigenvalue weighted by atomic mass is 9.81. The molecule has 0 bridgehead atoms. The summed E-state index contributed by atoms with van der Waals surface area (Å²) < 4.78 is 24.0. The van der Waals surface area contributed by atoms with Crippen molar-refractivity contribution < 1.29 is 23.5 Å². The minimum absolute atomic E-state index is 0.193. The molecule has 0 saturated heterocycles. The summed E-state index contributed by atoms with van der Waals surface area (Å²) in [5.74, 6) is -0.549. The summed E-state index contributed by atoms with van der Waals surface area (Å²) in [5.41, 5.74) is 1.76. The zero-order valence-corrected chi connectivity index (χ0v) is 18.7. The molecule has 0 aliphatic carbocycles. The molecule has 0 saturated carbocycles. The number of thiophene rings is 1. The van der Waals surface area contributed by atoms with E-state index in [1.165, 1.54) is 37.7 Å². The average molecular weight is 455 g/mol. The Labute approximate surface area is 189 Å². The molecule has 2 heterocycles. The van der Waals surface area contributed by atoms with Crippen molar-refractivity contribution in [2.45, 2.75) is 18.5 Å². The van der Waals surface area contributed by atoms with E-state index in [4.69, 9.17) is 9.47 Å². The van der Waals surface area contributed by atoms with Crippen LogP contribution >= 0.6 is 11.3 Å². The highest BCUT2D eigenvalue weighted by Crippen LogP contribution is 2.46. The molecule has 166 valence electrons. The molecule has 2 aromatic carbocycles. The van der Waals surface area contributed by atoms with Crippen LogP contribution in [0.4, 0.5) is 4.39 Å². The van der Waals surface area contributed by atoms with E-state index in [2.05, 4.69) is 5.32 Å². The molecule has 0 fully saturated rings. The third-order valence-corrected chi connectivity index (χ3v) is 6.61. The second-order valence-electron chi connectivity index (χ2n) is 7.49. The first kappa shape index (κ1) is 21.8. The van der Waals surface area contributed by atoms with Gasteiger partial charge in [0.25, 0.3) is 5.91 Å². The molecule has 0 unspecified atom stereocenters. The number of rotatable bonds is 6. The first-order valence-corrected chi connectivity index (χ1v) is 10.9. The number of hydrogen-bond acceptors (Lipinski definition) is 5. The van der Waals surface area contributed by atoms with Crippen molar-refractivity contribution in [3.05, 3.63) is 81.3 Å². The van der Waals surface area contributed by atoms with Gasteiger partial charge in [-0.25, -0.2) is 4.39 Å². The smallest absolute Gasteiger partial charge is 0.254 e. The second kappa shape index (κ2) is 9.00. The first-order chi connectivity index (χ1) is 15.4. The van der Waals surface area contributed by atoms with Gasteiger partial charge in [0.2, 0.25) is 5.91 Å². The molecule has 1 aliphatic heterocycles. The monoisotopic (exact) mass is 454 g/mol. The van der Waals surface area contributed by atoms with E-state index >= 15 is 0 Å². The minimum Gasteiger partial charge on any atom is -0.493 e. The Bertz CT molecular complexity index is 1130. The van der Waals surface area contributed by atoms with Crippen LogP contribution in [0.2, 0.25) is 0 Å². The van der Waals surface area contributed by atoms with Crippen LogP contribution in [0.3, 0.4) is 0 Å². The topological polar surface area (TPSA) is 67.9 Å². The number of halogens is 1. The number of nitrogens with one attached hydrogen (secondary N) is 1. The van der Waals surface area contributed by atoms with E-state index in [1.54, 1.807) is 36.2 Å². The predicted octanol–water partition coefficient (Wildman–Crippen LogP) is 4.13. The van der Waals surface area contributed by atoms with Crippen molar-refractivity contribution in [1.82, 2.24) is 10.2 Å². The number of amides is 2. The van der Waals surface area contributed by atoms with Gasteiger partial charge in [-0.1, -0.05) is 18.2 Å². The van der Waals surface area contributed by atoms with Crippen LogP contribution in [0.5, 0.6) is 11.5 Å². The van der Waals surface area contributed by atoms with E-state index < -0.39 is 12.0 Å². The van der Waals surface area contributed by atoms with Crippen molar-refractivity contribution in [1.29, 1.82) is 0 Å². The molecule has 1 aromatic heterocycles. The molecule has 2 atom stereocenters. The molecule has 1 aliphatic rings. The molecule has 2 amide bonds. The molecular weight excluding hydrogens is 431 g/mol. The number of methoxy groups -OCH3 is 2. The number of carbonyl (C=O) groups excluding carboxylic acids is 2. The summed E-state index contributed by atoms with van der Waals surface area (Å²) in [6.45, 7) is 0.243. The lowest BCUT2D eigenvalue weighted by Crippen LogP contribution is -2.45. The summed E-state index contributed by atoms with van der Waals surface area (Å²) >= 11 is 1.49. The third kappa shape index (κ3) is 3.93. The zero-order valence-electron chi connectivity index (χ0n) is 17.9. The molecule has 8 heteroatoms. The summed E-state index contributed by atoms with van der Waals surface area (Å²) in [4.78, 5) is 29.3. The first-order valence-electron chi connectivity index (χ1n) is 10.0. The van der Waals surface area contributed by atoms with Crippen LogP contribution in [0, 0.1) is 5.82 Å². The number of carbonyl (C=O) groups is 2. The SMILES string of the molecule is COc1cc2c(cc1OC)[C@@H](C(=O)NCc1ccc(F)cc1)[C@@H](c1cccs1)N(C)C2=O. The molecule has 3 aromatic rings. The van der Waals surface area contributed by atoms with E-state index in [0.717, 1.165) is 10.4 Å². The largest absolute Gasteiger partial charge is 0.493 e. The number of ether oxygens (including phenoxy) is 2. The lowest BCUT2D eigenvalue weighted by Gasteiger charge is -2.39. The highest BCUT2D eigenvalue weighted by Gasteiger charge is 2.44. The van der Waals surface area contributed by atoms with Gasteiger partial charge in [0.1, 0.15) is 5.82 Å². The highest BCUT2D eigenvalue weighted by molar-refractivity contribution is 7.10. The predicted molar refractivity (Wildman–Crippen MR) is 120 cm³/mol. The van der Waals surface area contributed by atoms with Gasteiger partial charge in [-0.2, -0.15) is 0 Å². The van der Waals surface area contributed by atoms with E-state index in [-0.39, 0.29) is 24.2 Å². The average Bonchev–Trinajstić information content (AvgIpc) is 3.34. The number of benzene rings is 2. The Hall–Kier alpha value is -3.39. The van der Waals surface area contributed by atoms with Crippen LogP contribution in [-0.4, -0.2) is 38.0 Å². The van der Waals surface area contributed by atoms with Crippen molar-refractivity contribution in [3.8, 4) is 11.5 Å². The maximum atomic E-state index is 13.5. The number of fused-ring (bicyclic) bond motifs is 1. The summed E-state index contributed by atoms with van der Waals surface area (Å²) in [5, 5.41) is 4.88. The minimum atomic E-state index is -0.661. The fourth-order valence-corrected chi connectivity index (χ4v) is 4.95. The van der Waals surface area contributed by atoms with Crippen molar-refractivity contribution in [2.75, 3.05) is 21.3 Å². The third-order valence-electron chi connectivity index (χ3n) is 5.67. The summed E-state index contributed by atoms with van der Waals surface area (Å²) in [7, 11) is 4.72. The molecular formula is C24H23FN2O4S. The molecule has 0 spiro atoms. The van der Waals surface area contributed by atoms with Crippen LogP contribution in [0.1, 0.15) is 38.3 Å². The Morgan fingerprint density at radius 2 is 1.81 bits per heavy atom. The normalized spacial score (nSPS) is 17.6. The van der Waals surface area contributed by atoms with Gasteiger partial charge in [-0.05, 0) is 46.8 Å². The van der Waals surface area contributed by atoms with Gasteiger partial charge in [-0.15, -0.1) is 11.3 Å². The second-order valence-corrected chi connectivity index (χ2v) is 8.47. The van der Waals surface area contributed by atoms with Crippen molar-refractivity contribution >= 4 is 23.2 Å². The van der Waals surface area contributed by atoms with Gasteiger partial charge in [0.15, 0.2) is 11.5 Å². The van der Waals surface area contributed by atoms with E-state index in [1.807, 2.05) is 17.5 Å². The standard InChI is InChI=1S/C24H23FN2O4S/c1-27-22(20-5-4-10-32-20)21(23(28)26-13-14-6-8-15(25)9-7-14)16-11-18(30-2)19(31-3)12-17(16)24(27)29/h4-12,21-22H,13H2,1-3H3,(H,26,28)/t21-,22-/m1/s1. The maximum Gasteiger partial charge on any atom is 0.254 e. The fourth-order valence-electron chi connectivity index (χ4n) is 4.05. The van der Waals surface area contributed by atoms with Gasteiger partial charge >= 0.3 is 0 Å².